The Bertz CT molecular complexity index is 662. The van der Waals surface area contributed by atoms with Gasteiger partial charge in [-0.1, -0.05) is 18.2 Å². The van der Waals surface area contributed by atoms with E-state index in [4.69, 9.17) is 9.90 Å². The van der Waals surface area contributed by atoms with Crippen LogP contribution in [0.15, 0.2) is 24.3 Å². The van der Waals surface area contributed by atoms with Crippen LogP contribution in [0.2, 0.25) is 0 Å². The molecular formula is C14H15F3N2O2. The van der Waals surface area contributed by atoms with Gasteiger partial charge in [0.1, 0.15) is 0 Å². The van der Waals surface area contributed by atoms with Crippen molar-refractivity contribution in [3.05, 3.63) is 35.5 Å². The van der Waals surface area contributed by atoms with Crippen LogP contribution >= 0.6 is 0 Å². The number of aliphatic carboxylic acids is 1. The molecule has 0 spiro atoms. The van der Waals surface area contributed by atoms with Crippen LogP contribution < -0.4 is 5.32 Å². The lowest BCUT2D eigenvalue weighted by molar-refractivity contribution is -0.192. The van der Waals surface area contributed by atoms with Crippen molar-refractivity contribution in [3.8, 4) is 0 Å². The maximum atomic E-state index is 10.6. The highest BCUT2D eigenvalue weighted by atomic mass is 19.4. The van der Waals surface area contributed by atoms with Gasteiger partial charge < -0.3 is 15.0 Å². The molecule has 114 valence electrons. The fourth-order valence-corrected chi connectivity index (χ4v) is 2.45. The number of fused-ring (bicyclic) bond motifs is 3. The van der Waals surface area contributed by atoms with Gasteiger partial charge in [0.05, 0.1) is 0 Å². The second-order valence-electron chi connectivity index (χ2n) is 4.73. The number of carboxylic acids is 1. The Balaban J connectivity index is 0.000000199. The molecule has 0 radical (unpaired) electrons. The first-order valence-corrected chi connectivity index (χ1v) is 6.38. The van der Waals surface area contributed by atoms with Crippen molar-refractivity contribution in [2.45, 2.75) is 19.1 Å². The third-order valence-electron chi connectivity index (χ3n) is 3.43. The summed E-state index contributed by atoms with van der Waals surface area (Å²) >= 11 is 0. The molecule has 0 unspecified atom stereocenters. The molecule has 2 N–H and O–H groups in total. The van der Waals surface area contributed by atoms with Gasteiger partial charge in [0.15, 0.2) is 0 Å². The van der Waals surface area contributed by atoms with E-state index in [1.54, 1.807) is 5.56 Å². The fourth-order valence-electron chi connectivity index (χ4n) is 2.45. The maximum absolute atomic E-state index is 10.6. The molecule has 1 aromatic carbocycles. The Morgan fingerprint density at radius 2 is 1.95 bits per heavy atom. The molecule has 1 aliphatic rings. The maximum Gasteiger partial charge on any atom is 0.490 e. The molecule has 3 rings (SSSR count). The van der Waals surface area contributed by atoms with Crippen LogP contribution in [0.25, 0.3) is 10.9 Å². The van der Waals surface area contributed by atoms with Gasteiger partial charge >= 0.3 is 12.1 Å². The van der Waals surface area contributed by atoms with Crippen molar-refractivity contribution in [1.82, 2.24) is 9.88 Å². The zero-order valence-electron chi connectivity index (χ0n) is 11.4. The van der Waals surface area contributed by atoms with E-state index in [-0.39, 0.29) is 0 Å². The van der Waals surface area contributed by atoms with Crippen molar-refractivity contribution >= 4 is 16.9 Å². The molecule has 0 atom stereocenters. The number of rotatable bonds is 0. The Labute approximate surface area is 119 Å². The smallest absolute Gasteiger partial charge is 0.475 e. The molecule has 2 heterocycles. The molecule has 1 aromatic heterocycles. The first-order valence-electron chi connectivity index (χ1n) is 6.38. The minimum atomic E-state index is -5.08. The normalized spacial score (nSPS) is 14.3. The van der Waals surface area contributed by atoms with E-state index >= 15 is 0 Å². The molecule has 4 nitrogen and oxygen atoms in total. The lowest BCUT2D eigenvalue weighted by atomic mass is 10.1. The molecule has 7 heteroatoms. The molecule has 2 aromatic rings. The number of halogens is 3. The second-order valence-corrected chi connectivity index (χ2v) is 4.73. The minimum absolute atomic E-state index is 1.01. The third kappa shape index (κ3) is 3.18. The van der Waals surface area contributed by atoms with E-state index < -0.39 is 12.1 Å². The van der Waals surface area contributed by atoms with E-state index in [9.17, 15) is 13.2 Å². The van der Waals surface area contributed by atoms with E-state index in [0.29, 0.717) is 0 Å². The molecule has 0 bridgehead atoms. The summed E-state index contributed by atoms with van der Waals surface area (Å²) in [6, 6.07) is 8.68. The highest BCUT2D eigenvalue weighted by Gasteiger charge is 2.38. The van der Waals surface area contributed by atoms with E-state index in [1.807, 2.05) is 0 Å². The van der Waals surface area contributed by atoms with Crippen molar-refractivity contribution in [3.63, 3.8) is 0 Å². The van der Waals surface area contributed by atoms with Crippen molar-refractivity contribution < 1.29 is 23.1 Å². The minimum Gasteiger partial charge on any atom is -0.475 e. The standard InChI is InChI=1S/C12H14N2.C2HF3O2/c1-14-11-5-3-2-4-9(11)10-6-7-13-8-12(10)14;3-2(4,5)1(6)7/h2-5,13H,6-8H2,1H3;(H,6,7). The second kappa shape index (κ2) is 5.77. The molecule has 21 heavy (non-hydrogen) atoms. The number of hydrogen-bond donors (Lipinski definition) is 2. The van der Waals surface area contributed by atoms with Crippen LogP contribution in [-0.2, 0) is 24.8 Å². The number of para-hydroxylation sites is 1. The molecule has 1 aliphatic heterocycles. The van der Waals surface area contributed by atoms with Gasteiger partial charge in [-0.05, 0) is 24.6 Å². The Morgan fingerprint density at radius 1 is 1.33 bits per heavy atom. The summed E-state index contributed by atoms with van der Waals surface area (Å²) in [6.45, 7) is 2.13. The number of carbonyl (C=O) groups is 1. The fraction of sp³-hybridized carbons (Fsp3) is 0.357. The van der Waals surface area contributed by atoms with Crippen LogP contribution in [0.3, 0.4) is 0 Å². The third-order valence-corrected chi connectivity index (χ3v) is 3.43. The lowest BCUT2D eigenvalue weighted by Crippen LogP contribution is -2.24. The van der Waals surface area contributed by atoms with Crippen molar-refractivity contribution in [1.29, 1.82) is 0 Å². The number of aryl methyl sites for hydroxylation is 1. The predicted molar refractivity (Wildman–Crippen MR) is 72.0 cm³/mol. The summed E-state index contributed by atoms with van der Waals surface area (Å²) < 4.78 is 34.1. The highest BCUT2D eigenvalue weighted by Crippen LogP contribution is 2.27. The largest absolute Gasteiger partial charge is 0.490 e. The van der Waals surface area contributed by atoms with Gasteiger partial charge in [-0.2, -0.15) is 13.2 Å². The molecule has 0 saturated carbocycles. The number of carboxylic acid groups (broad SMARTS) is 1. The lowest BCUT2D eigenvalue weighted by Gasteiger charge is -2.14. The molecule has 0 saturated heterocycles. The van der Waals surface area contributed by atoms with Crippen LogP contribution in [0.5, 0.6) is 0 Å². The van der Waals surface area contributed by atoms with E-state index in [2.05, 4.69) is 41.2 Å². The zero-order valence-corrected chi connectivity index (χ0v) is 11.4. The summed E-state index contributed by atoms with van der Waals surface area (Å²) in [5.74, 6) is -2.76. The number of alkyl halides is 3. The number of benzene rings is 1. The average molecular weight is 300 g/mol. The summed E-state index contributed by atoms with van der Waals surface area (Å²) in [6.07, 6.45) is -3.92. The summed E-state index contributed by atoms with van der Waals surface area (Å²) in [5, 5.41) is 12.0. The first kappa shape index (κ1) is 15.4. The van der Waals surface area contributed by atoms with Crippen LogP contribution in [0.4, 0.5) is 13.2 Å². The van der Waals surface area contributed by atoms with Crippen molar-refractivity contribution in [2.24, 2.45) is 7.05 Å². The van der Waals surface area contributed by atoms with Gasteiger partial charge in [-0.3, -0.25) is 0 Å². The van der Waals surface area contributed by atoms with Crippen molar-refractivity contribution in [2.75, 3.05) is 6.54 Å². The molecule has 0 fully saturated rings. The quantitative estimate of drug-likeness (QED) is 0.786. The van der Waals surface area contributed by atoms with Crippen LogP contribution in [0.1, 0.15) is 11.3 Å². The number of nitrogens with one attached hydrogen (secondary N) is 1. The Kier molecular flexibility index (Phi) is 4.22. The van der Waals surface area contributed by atoms with E-state index in [1.165, 1.54) is 16.6 Å². The number of nitrogens with zero attached hydrogens (tertiary/aromatic N) is 1. The Hall–Kier alpha value is -2.02. The van der Waals surface area contributed by atoms with Gasteiger partial charge in [0, 0.05) is 30.2 Å². The monoisotopic (exact) mass is 300 g/mol. The predicted octanol–water partition coefficient (Wildman–Crippen LogP) is 2.46. The van der Waals surface area contributed by atoms with Gasteiger partial charge in [-0.15, -0.1) is 0 Å². The van der Waals surface area contributed by atoms with Gasteiger partial charge in [0.25, 0.3) is 0 Å². The highest BCUT2D eigenvalue weighted by molar-refractivity contribution is 5.85. The number of hydrogen-bond acceptors (Lipinski definition) is 2. The zero-order chi connectivity index (χ0) is 15.6. The topological polar surface area (TPSA) is 54.3 Å². The number of aromatic nitrogens is 1. The average Bonchev–Trinajstić information content (AvgIpc) is 2.73. The summed E-state index contributed by atoms with van der Waals surface area (Å²) in [5.41, 5.74) is 4.36. The van der Waals surface area contributed by atoms with Gasteiger partial charge in [0.2, 0.25) is 0 Å². The first-order chi connectivity index (χ1) is 9.82. The van der Waals surface area contributed by atoms with Gasteiger partial charge in [-0.25, -0.2) is 4.79 Å². The summed E-state index contributed by atoms with van der Waals surface area (Å²) in [7, 11) is 2.16. The molecular weight excluding hydrogens is 285 g/mol. The summed E-state index contributed by atoms with van der Waals surface area (Å²) in [4.78, 5) is 8.90. The molecule has 0 amide bonds. The Morgan fingerprint density at radius 3 is 2.57 bits per heavy atom. The molecule has 0 aliphatic carbocycles. The van der Waals surface area contributed by atoms with E-state index in [0.717, 1.165) is 19.5 Å². The van der Waals surface area contributed by atoms with Crippen LogP contribution in [0, 0.1) is 0 Å². The SMILES string of the molecule is Cn1c2c(c3ccccc31)CCNC2.O=C(O)C(F)(F)F. The van der Waals surface area contributed by atoms with Crippen LogP contribution in [-0.4, -0.2) is 28.4 Å².